The smallest absolute Gasteiger partial charge is 0.258 e. The van der Waals surface area contributed by atoms with E-state index in [1.54, 1.807) is 18.2 Å². The van der Waals surface area contributed by atoms with Gasteiger partial charge in [-0.15, -0.1) is 0 Å². The predicted octanol–water partition coefficient (Wildman–Crippen LogP) is 3.88. The van der Waals surface area contributed by atoms with Gasteiger partial charge in [-0.25, -0.2) is 0 Å². The fourth-order valence-electron chi connectivity index (χ4n) is 1.78. The third-order valence-electron chi connectivity index (χ3n) is 2.97. The number of hydrogen-bond acceptors (Lipinski definition) is 3. The van der Waals surface area contributed by atoms with Gasteiger partial charge < -0.3 is 14.8 Å². The van der Waals surface area contributed by atoms with E-state index in [0.717, 1.165) is 5.75 Å². The van der Waals surface area contributed by atoms with Gasteiger partial charge in [0.1, 0.15) is 18.1 Å². The number of ether oxygens (including phenoxy) is 2. The van der Waals surface area contributed by atoms with Crippen molar-refractivity contribution in [2.45, 2.75) is 6.92 Å². The van der Waals surface area contributed by atoms with Crippen molar-refractivity contribution in [3.05, 3.63) is 58.1 Å². The van der Waals surface area contributed by atoms with Crippen LogP contribution < -0.4 is 14.8 Å². The molecule has 0 bridgehead atoms. The first kappa shape index (κ1) is 17.4. The molecule has 0 spiro atoms. The Morgan fingerprint density at radius 3 is 2.52 bits per heavy atom. The number of hydrogen-bond donors (Lipinski definition) is 1. The normalized spacial score (nSPS) is 10.2. The van der Waals surface area contributed by atoms with Gasteiger partial charge in [0.15, 0.2) is 6.61 Å². The molecular formula is C17H17Cl2NO3. The van der Waals surface area contributed by atoms with Gasteiger partial charge in [-0.1, -0.05) is 40.9 Å². The van der Waals surface area contributed by atoms with E-state index in [9.17, 15) is 4.79 Å². The summed E-state index contributed by atoms with van der Waals surface area (Å²) in [5.74, 6) is 0.944. The van der Waals surface area contributed by atoms with Gasteiger partial charge in [-0.3, -0.25) is 4.79 Å². The largest absolute Gasteiger partial charge is 0.492 e. The fourth-order valence-corrected chi connectivity index (χ4v) is 2.24. The monoisotopic (exact) mass is 353 g/mol. The molecule has 0 atom stereocenters. The standard InChI is InChI=1S/C17H17Cl2NO3/c1-12-2-5-14(6-3-12)22-9-8-20-17(21)11-23-16-7-4-13(18)10-15(16)19/h2-7,10H,8-9,11H2,1H3,(H,20,21). The molecule has 4 nitrogen and oxygen atoms in total. The van der Waals surface area contributed by atoms with Crippen LogP contribution in [0, 0.1) is 6.92 Å². The third-order valence-corrected chi connectivity index (χ3v) is 3.50. The van der Waals surface area contributed by atoms with Crippen LogP contribution in [0.25, 0.3) is 0 Å². The number of carbonyl (C=O) groups is 1. The summed E-state index contributed by atoms with van der Waals surface area (Å²) in [6.45, 7) is 2.67. The number of carbonyl (C=O) groups excluding carboxylic acids is 1. The topological polar surface area (TPSA) is 47.6 Å². The van der Waals surface area contributed by atoms with Crippen LogP contribution in [-0.4, -0.2) is 25.7 Å². The molecule has 0 unspecified atom stereocenters. The van der Waals surface area contributed by atoms with Crippen LogP contribution in [0.15, 0.2) is 42.5 Å². The average Bonchev–Trinajstić information content (AvgIpc) is 2.52. The summed E-state index contributed by atoms with van der Waals surface area (Å²) in [7, 11) is 0. The van der Waals surface area contributed by atoms with E-state index in [4.69, 9.17) is 32.7 Å². The Labute approximate surface area is 145 Å². The van der Waals surface area contributed by atoms with E-state index in [1.807, 2.05) is 31.2 Å². The van der Waals surface area contributed by atoms with Gasteiger partial charge in [-0.05, 0) is 37.3 Å². The van der Waals surface area contributed by atoms with Crippen LogP contribution in [0.5, 0.6) is 11.5 Å². The lowest BCUT2D eigenvalue weighted by Gasteiger charge is -2.10. The number of amides is 1. The van der Waals surface area contributed by atoms with Crippen molar-refractivity contribution in [1.82, 2.24) is 5.32 Å². The van der Waals surface area contributed by atoms with E-state index in [0.29, 0.717) is 28.9 Å². The van der Waals surface area contributed by atoms with Crippen LogP contribution in [0.3, 0.4) is 0 Å². The van der Waals surface area contributed by atoms with Gasteiger partial charge in [-0.2, -0.15) is 0 Å². The minimum Gasteiger partial charge on any atom is -0.492 e. The summed E-state index contributed by atoms with van der Waals surface area (Å²) in [6, 6.07) is 12.6. The van der Waals surface area contributed by atoms with E-state index in [-0.39, 0.29) is 12.5 Å². The van der Waals surface area contributed by atoms with Crippen LogP contribution in [0.4, 0.5) is 0 Å². The molecule has 0 aliphatic rings. The second-order valence-electron chi connectivity index (χ2n) is 4.87. The van der Waals surface area contributed by atoms with Crippen LogP contribution in [0.2, 0.25) is 10.0 Å². The van der Waals surface area contributed by atoms with Crippen molar-refractivity contribution in [3.8, 4) is 11.5 Å². The van der Waals surface area contributed by atoms with Crippen molar-refractivity contribution >= 4 is 29.1 Å². The summed E-state index contributed by atoms with van der Waals surface area (Å²) >= 11 is 11.7. The average molecular weight is 354 g/mol. The molecule has 0 fully saturated rings. The van der Waals surface area contributed by atoms with Crippen molar-refractivity contribution in [1.29, 1.82) is 0 Å². The van der Waals surface area contributed by atoms with Crippen molar-refractivity contribution in [2.24, 2.45) is 0 Å². The highest BCUT2D eigenvalue weighted by atomic mass is 35.5. The fraction of sp³-hybridized carbons (Fsp3) is 0.235. The molecule has 2 aromatic rings. The Bertz CT molecular complexity index is 659. The molecule has 1 N–H and O–H groups in total. The zero-order valence-electron chi connectivity index (χ0n) is 12.6. The van der Waals surface area contributed by atoms with Gasteiger partial charge in [0.05, 0.1) is 11.6 Å². The van der Waals surface area contributed by atoms with Crippen LogP contribution in [0.1, 0.15) is 5.56 Å². The van der Waals surface area contributed by atoms with E-state index < -0.39 is 0 Å². The summed E-state index contributed by atoms with van der Waals surface area (Å²) in [6.07, 6.45) is 0. The van der Waals surface area contributed by atoms with Crippen LogP contribution >= 0.6 is 23.2 Å². The van der Waals surface area contributed by atoms with E-state index in [2.05, 4.69) is 5.32 Å². The maximum absolute atomic E-state index is 11.7. The predicted molar refractivity (Wildman–Crippen MR) is 91.6 cm³/mol. The minimum atomic E-state index is -0.247. The molecule has 0 saturated heterocycles. The SMILES string of the molecule is Cc1ccc(OCCNC(=O)COc2ccc(Cl)cc2Cl)cc1. The molecule has 1 amide bonds. The molecular weight excluding hydrogens is 337 g/mol. The second kappa shape index (κ2) is 8.65. The number of aryl methyl sites for hydroxylation is 1. The van der Waals surface area contributed by atoms with Gasteiger partial charge in [0, 0.05) is 5.02 Å². The first-order valence-corrected chi connectivity index (χ1v) is 7.84. The zero-order valence-corrected chi connectivity index (χ0v) is 14.2. The molecule has 6 heteroatoms. The lowest BCUT2D eigenvalue weighted by molar-refractivity contribution is -0.123. The highest BCUT2D eigenvalue weighted by Crippen LogP contribution is 2.27. The Balaban J connectivity index is 1.66. The quantitative estimate of drug-likeness (QED) is 0.768. The van der Waals surface area contributed by atoms with Gasteiger partial charge in [0.25, 0.3) is 5.91 Å². The van der Waals surface area contributed by atoms with Crippen molar-refractivity contribution < 1.29 is 14.3 Å². The Hall–Kier alpha value is -1.91. The second-order valence-corrected chi connectivity index (χ2v) is 5.72. The molecule has 2 rings (SSSR count). The first-order valence-electron chi connectivity index (χ1n) is 7.08. The Morgan fingerprint density at radius 2 is 1.83 bits per heavy atom. The molecule has 2 aromatic carbocycles. The van der Waals surface area contributed by atoms with Crippen molar-refractivity contribution in [2.75, 3.05) is 19.8 Å². The molecule has 0 aliphatic carbocycles. The molecule has 0 aromatic heterocycles. The van der Waals surface area contributed by atoms with Crippen LogP contribution in [-0.2, 0) is 4.79 Å². The Morgan fingerprint density at radius 1 is 1.09 bits per heavy atom. The number of nitrogens with one attached hydrogen (secondary N) is 1. The summed E-state index contributed by atoms with van der Waals surface area (Å²) in [5, 5.41) is 3.59. The summed E-state index contributed by atoms with van der Waals surface area (Å²) in [5.41, 5.74) is 1.17. The Kier molecular flexibility index (Phi) is 6.56. The zero-order chi connectivity index (χ0) is 16.7. The molecule has 23 heavy (non-hydrogen) atoms. The highest BCUT2D eigenvalue weighted by Gasteiger charge is 2.06. The molecule has 0 heterocycles. The molecule has 0 radical (unpaired) electrons. The molecule has 122 valence electrons. The lowest BCUT2D eigenvalue weighted by atomic mass is 10.2. The highest BCUT2D eigenvalue weighted by molar-refractivity contribution is 6.35. The maximum atomic E-state index is 11.7. The number of rotatable bonds is 7. The van der Waals surface area contributed by atoms with E-state index >= 15 is 0 Å². The molecule has 0 aliphatic heterocycles. The first-order chi connectivity index (χ1) is 11.0. The summed E-state index contributed by atoms with van der Waals surface area (Å²) in [4.78, 5) is 11.7. The maximum Gasteiger partial charge on any atom is 0.258 e. The molecule has 0 saturated carbocycles. The van der Waals surface area contributed by atoms with Gasteiger partial charge >= 0.3 is 0 Å². The summed E-state index contributed by atoms with van der Waals surface area (Å²) < 4.78 is 10.9. The number of halogens is 2. The third kappa shape index (κ3) is 6.00. The van der Waals surface area contributed by atoms with Gasteiger partial charge in [0.2, 0.25) is 0 Å². The minimum absolute atomic E-state index is 0.119. The number of benzene rings is 2. The van der Waals surface area contributed by atoms with E-state index in [1.165, 1.54) is 5.56 Å². The van der Waals surface area contributed by atoms with Crippen molar-refractivity contribution in [3.63, 3.8) is 0 Å². The lowest BCUT2D eigenvalue weighted by Crippen LogP contribution is -2.32.